The summed E-state index contributed by atoms with van der Waals surface area (Å²) in [6, 6.07) is 25.2. The fourth-order valence-electron chi connectivity index (χ4n) is 3.60. The normalized spacial score (nSPS) is 10.1. The van der Waals surface area contributed by atoms with Gasteiger partial charge in [-0.25, -0.2) is 0 Å². The molecule has 3 aromatic rings. The largest absolute Gasteiger partial charge is 0.0654 e. The summed E-state index contributed by atoms with van der Waals surface area (Å²) >= 11 is 0. The summed E-state index contributed by atoms with van der Waals surface area (Å²) in [4.78, 5) is 0. The van der Waals surface area contributed by atoms with Gasteiger partial charge in [-0.15, -0.1) is 0 Å². The van der Waals surface area contributed by atoms with Crippen molar-refractivity contribution in [1.82, 2.24) is 0 Å². The molecule has 3 aromatic carbocycles. The van der Waals surface area contributed by atoms with Gasteiger partial charge in [-0.2, -0.15) is 0 Å². The van der Waals surface area contributed by atoms with Crippen LogP contribution in [0.15, 0.2) is 72.8 Å². The third-order valence-corrected chi connectivity index (χ3v) is 5.66. The molecule has 0 aliphatic heterocycles. The highest BCUT2D eigenvalue weighted by Gasteiger charge is 1.96. The van der Waals surface area contributed by atoms with Crippen LogP contribution >= 0.6 is 0 Å². The van der Waals surface area contributed by atoms with E-state index in [1.54, 1.807) is 0 Å². The monoisotopic (exact) mass is 418 g/mol. The number of benzene rings is 3. The van der Waals surface area contributed by atoms with Crippen LogP contribution in [0.3, 0.4) is 0 Å². The molecular weight excluding hydrogens is 384 g/mol. The lowest BCUT2D eigenvalue weighted by Gasteiger charge is -2.02. The number of unbranched alkanes of at least 4 members (excludes halogenated alkanes) is 6. The predicted octanol–water partition coefficient (Wildman–Crippen LogP) is 8.09. The standard InChI is InChI=1S/C32H34/c1-3-4-5-6-7-8-9-10-28-15-17-30(18-16-28)21-22-32-25-23-31(24-26-32)20-19-29-13-11-27(2)12-14-29/h11-18,23-26H,3-10H2,1-2H3. The van der Waals surface area contributed by atoms with Crippen molar-refractivity contribution in [1.29, 1.82) is 0 Å². The summed E-state index contributed by atoms with van der Waals surface area (Å²) < 4.78 is 0. The summed E-state index contributed by atoms with van der Waals surface area (Å²) in [5.41, 5.74) is 6.79. The third-order valence-electron chi connectivity index (χ3n) is 5.66. The first-order valence-corrected chi connectivity index (χ1v) is 12.0. The van der Waals surface area contributed by atoms with Crippen LogP contribution in [0.25, 0.3) is 0 Å². The molecule has 0 N–H and O–H groups in total. The van der Waals surface area contributed by atoms with Gasteiger partial charge in [0.25, 0.3) is 0 Å². The zero-order chi connectivity index (χ0) is 22.4. The van der Waals surface area contributed by atoms with Gasteiger partial charge in [-0.3, -0.25) is 0 Å². The molecule has 0 heterocycles. The fraction of sp³-hybridized carbons (Fsp3) is 0.312. The van der Waals surface area contributed by atoms with Gasteiger partial charge in [-0.05, 0) is 73.9 Å². The Labute approximate surface area is 195 Å². The molecule has 32 heavy (non-hydrogen) atoms. The fourth-order valence-corrected chi connectivity index (χ4v) is 3.60. The van der Waals surface area contributed by atoms with Crippen LogP contribution in [0.5, 0.6) is 0 Å². The maximum atomic E-state index is 3.28. The van der Waals surface area contributed by atoms with E-state index in [9.17, 15) is 0 Å². The van der Waals surface area contributed by atoms with Crippen LogP contribution in [-0.4, -0.2) is 0 Å². The molecule has 0 bridgehead atoms. The molecule has 0 saturated heterocycles. The highest BCUT2D eigenvalue weighted by molar-refractivity contribution is 5.48. The average Bonchev–Trinajstić information content (AvgIpc) is 2.83. The lowest BCUT2D eigenvalue weighted by Crippen LogP contribution is -1.87. The Kier molecular flexibility index (Phi) is 9.71. The van der Waals surface area contributed by atoms with Gasteiger partial charge in [0.15, 0.2) is 0 Å². The Hall–Kier alpha value is -3.22. The first-order chi connectivity index (χ1) is 15.7. The van der Waals surface area contributed by atoms with E-state index in [0.717, 1.165) is 22.3 Å². The summed E-state index contributed by atoms with van der Waals surface area (Å²) in [7, 11) is 0. The minimum Gasteiger partial charge on any atom is -0.0654 e. The second-order valence-electron chi connectivity index (χ2n) is 8.51. The average molecular weight is 419 g/mol. The van der Waals surface area contributed by atoms with Gasteiger partial charge in [0.1, 0.15) is 0 Å². The smallest absolute Gasteiger partial charge is 0.0249 e. The molecule has 0 atom stereocenters. The maximum absolute atomic E-state index is 3.28. The molecule has 0 fully saturated rings. The van der Waals surface area contributed by atoms with Crippen molar-refractivity contribution in [2.45, 2.75) is 65.2 Å². The van der Waals surface area contributed by atoms with Gasteiger partial charge in [0.2, 0.25) is 0 Å². The molecule has 0 unspecified atom stereocenters. The molecule has 0 radical (unpaired) electrons. The molecular formula is C32H34. The van der Waals surface area contributed by atoms with Crippen molar-refractivity contribution in [2.24, 2.45) is 0 Å². The van der Waals surface area contributed by atoms with E-state index in [4.69, 9.17) is 0 Å². The van der Waals surface area contributed by atoms with Crippen molar-refractivity contribution in [3.05, 3.63) is 106 Å². The van der Waals surface area contributed by atoms with E-state index in [1.165, 1.54) is 62.5 Å². The highest BCUT2D eigenvalue weighted by atomic mass is 14.0. The van der Waals surface area contributed by atoms with Crippen LogP contribution < -0.4 is 0 Å². The van der Waals surface area contributed by atoms with E-state index in [2.05, 4.69) is 86.1 Å². The highest BCUT2D eigenvalue weighted by Crippen LogP contribution is 2.12. The number of hydrogen-bond donors (Lipinski definition) is 0. The summed E-state index contributed by atoms with van der Waals surface area (Å²) in [5.74, 6) is 13.0. The Balaban J connectivity index is 1.47. The van der Waals surface area contributed by atoms with Crippen LogP contribution in [0.4, 0.5) is 0 Å². The van der Waals surface area contributed by atoms with Gasteiger partial charge in [0.05, 0.1) is 0 Å². The molecule has 0 aromatic heterocycles. The first-order valence-electron chi connectivity index (χ1n) is 12.0. The Morgan fingerprint density at radius 3 is 1.31 bits per heavy atom. The number of hydrogen-bond acceptors (Lipinski definition) is 0. The van der Waals surface area contributed by atoms with Crippen molar-refractivity contribution >= 4 is 0 Å². The zero-order valence-electron chi connectivity index (χ0n) is 19.6. The molecule has 0 amide bonds. The van der Waals surface area contributed by atoms with Crippen LogP contribution in [-0.2, 0) is 6.42 Å². The Bertz CT molecular complexity index is 1060. The number of aryl methyl sites for hydroxylation is 2. The molecule has 0 saturated carbocycles. The Morgan fingerprint density at radius 2 is 0.844 bits per heavy atom. The first kappa shape index (κ1) is 23.4. The molecule has 162 valence electrons. The molecule has 0 aliphatic carbocycles. The van der Waals surface area contributed by atoms with Gasteiger partial charge < -0.3 is 0 Å². The van der Waals surface area contributed by atoms with Crippen molar-refractivity contribution in [2.75, 3.05) is 0 Å². The third kappa shape index (κ3) is 8.49. The summed E-state index contributed by atoms with van der Waals surface area (Å²) in [5, 5.41) is 0. The van der Waals surface area contributed by atoms with E-state index < -0.39 is 0 Å². The number of rotatable bonds is 8. The van der Waals surface area contributed by atoms with Crippen LogP contribution in [0.2, 0.25) is 0 Å². The van der Waals surface area contributed by atoms with Crippen molar-refractivity contribution in [3.63, 3.8) is 0 Å². The second kappa shape index (κ2) is 13.2. The lowest BCUT2D eigenvalue weighted by molar-refractivity contribution is 0.589. The van der Waals surface area contributed by atoms with E-state index in [-0.39, 0.29) is 0 Å². The van der Waals surface area contributed by atoms with E-state index in [0.29, 0.717) is 0 Å². The minimum atomic E-state index is 1.01. The van der Waals surface area contributed by atoms with Gasteiger partial charge in [-0.1, -0.05) is 99.0 Å². The van der Waals surface area contributed by atoms with Gasteiger partial charge in [0, 0.05) is 22.3 Å². The predicted molar refractivity (Wildman–Crippen MR) is 138 cm³/mol. The lowest BCUT2D eigenvalue weighted by atomic mass is 10.0. The molecule has 0 spiro atoms. The summed E-state index contributed by atoms with van der Waals surface area (Å²) in [6.45, 7) is 4.36. The van der Waals surface area contributed by atoms with Crippen LogP contribution in [0, 0.1) is 30.6 Å². The topological polar surface area (TPSA) is 0 Å². The quantitative estimate of drug-likeness (QED) is 0.256. The molecule has 0 heteroatoms. The van der Waals surface area contributed by atoms with Crippen molar-refractivity contribution in [3.8, 4) is 23.7 Å². The van der Waals surface area contributed by atoms with E-state index in [1.807, 2.05) is 24.3 Å². The summed E-state index contributed by atoms with van der Waals surface area (Å²) in [6.07, 6.45) is 10.7. The second-order valence-corrected chi connectivity index (χ2v) is 8.51. The van der Waals surface area contributed by atoms with Crippen LogP contribution in [0.1, 0.15) is 85.3 Å². The molecule has 0 nitrogen and oxygen atoms in total. The zero-order valence-corrected chi connectivity index (χ0v) is 19.6. The SMILES string of the molecule is CCCCCCCCCc1ccc(C#Cc2ccc(C#Cc3ccc(C)cc3)cc2)cc1. The molecule has 3 rings (SSSR count). The minimum absolute atomic E-state index is 1.01. The molecule has 0 aliphatic rings. The van der Waals surface area contributed by atoms with Crippen molar-refractivity contribution < 1.29 is 0 Å². The maximum Gasteiger partial charge on any atom is 0.0249 e. The Morgan fingerprint density at radius 1 is 0.469 bits per heavy atom. The van der Waals surface area contributed by atoms with E-state index >= 15 is 0 Å². The van der Waals surface area contributed by atoms with Gasteiger partial charge >= 0.3 is 0 Å².